The summed E-state index contributed by atoms with van der Waals surface area (Å²) in [5, 5.41) is 4.91. The molecule has 0 bridgehead atoms. The van der Waals surface area contributed by atoms with E-state index >= 15 is 0 Å². The summed E-state index contributed by atoms with van der Waals surface area (Å²) in [4.78, 5) is 4.78. The van der Waals surface area contributed by atoms with Crippen LogP contribution in [0.2, 0.25) is 5.02 Å². The van der Waals surface area contributed by atoms with E-state index in [1.54, 1.807) is 10.7 Å². The average Bonchev–Trinajstić information content (AvgIpc) is 3.04. The Hall–Kier alpha value is -2.66. The Labute approximate surface area is 149 Å². The topological polar surface area (TPSA) is 35.6 Å². The number of rotatable bonds is 2. The molecule has 0 aliphatic heterocycles. The fourth-order valence-electron chi connectivity index (χ4n) is 3.29. The van der Waals surface area contributed by atoms with Crippen LogP contribution in [0.1, 0.15) is 5.69 Å². The monoisotopic (exact) mass is 354 g/mol. The molecule has 2 aromatic carbocycles. The molecule has 25 heavy (non-hydrogen) atoms. The second kappa shape index (κ2) is 5.70. The zero-order valence-electron chi connectivity index (χ0n) is 14.1. The second-order valence-corrected chi connectivity index (χ2v) is 6.45. The van der Waals surface area contributed by atoms with E-state index in [9.17, 15) is 4.39 Å². The molecule has 2 aromatic heterocycles. The SMILES string of the molecule is Cc1nn(C)c(-c2nc3ccccc3n2C)c1-c1ccc(F)cc1Cl. The lowest BCUT2D eigenvalue weighted by Gasteiger charge is -2.09. The van der Waals surface area contributed by atoms with Crippen LogP contribution in [0, 0.1) is 12.7 Å². The Morgan fingerprint density at radius 1 is 1.08 bits per heavy atom. The van der Waals surface area contributed by atoms with Crippen molar-refractivity contribution in [3.05, 3.63) is 59.0 Å². The lowest BCUT2D eigenvalue weighted by Crippen LogP contribution is -2.00. The molecule has 0 saturated carbocycles. The molecule has 0 aliphatic carbocycles. The zero-order valence-corrected chi connectivity index (χ0v) is 14.8. The highest BCUT2D eigenvalue weighted by Gasteiger charge is 2.23. The van der Waals surface area contributed by atoms with Crippen LogP contribution >= 0.6 is 11.6 Å². The molecule has 2 heterocycles. The lowest BCUT2D eigenvalue weighted by atomic mass is 10.0. The van der Waals surface area contributed by atoms with Gasteiger partial charge >= 0.3 is 0 Å². The summed E-state index contributed by atoms with van der Waals surface area (Å²) in [5.41, 5.74) is 5.23. The first-order chi connectivity index (χ1) is 12.0. The van der Waals surface area contributed by atoms with Gasteiger partial charge in [-0.05, 0) is 37.3 Å². The Morgan fingerprint density at radius 3 is 2.56 bits per heavy atom. The molecule has 6 heteroatoms. The molecule has 4 aromatic rings. The average molecular weight is 355 g/mol. The van der Waals surface area contributed by atoms with E-state index in [1.807, 2.05) is 49.9 Å². The van der Waals surface area contributed by atoms with E-state index in [4.69, 9.17) is 16.6 Å². The van der Waals surface area contributed by atoms with E-state index in [2.05, 4.69) is 5.10 Å². The fourth-order valence-corrected chi connectivity index (χ4v) is 3.55. The van der Waals surface area contributed by atoms with E-state index in [-0.39, 0.29) is 5.82 Å². The van der Waals surface area contributed by atoms with Gasteiger partial charge in [-0.15, -0.1) is 0 Å². The van der Waals surface area contributed by atoms with Gasteiger partial charge in [0.25, 0.3) is 0 Å². The molecular formula is C19H16ClFN4. The van der Waals surface area contributed by atoms with Gasteiger partial charge in [0, 0.05) is 25.2 Å². The van der Waals surface area contributed by atoms with Crippen LogP contribution in [-0.4, -0.2) is 19.3 Å². The van der Waals surface area contributed by atoms with E-state index < -0.39 is 0 Å². The summed E-state index contributed by atoms with van der Waals surface area (Å²) < 4.78 is 17.3. The number of nitrogens with zero attached hydrogens (tertiary/aromatic N) is 4. The first kappa shape index (κ1) is 15.8. The summed E-state index contributed by atoms with van der Waals surface area (Å²) in [5.74, 6) is 0.430. The van der Waals surface area contributed by atoms with Crippen LogP contribution in [-0.2, 0) is 14.1 Å². The predicted molar refractivity (Wildman–Crippen MR) is 98.1 cm³/mol. The number of benzene rings is 2. The van der Waals surface area contributed by atoms with Gasteiger partial charge in [0.2, 0.25) is 0 Å². The van der Waals surface area contributed by atoms with Gasteiger partial charge in [-0.2, -0.15) is 5.10 Å². The van der Waals surface area contributed by atoms with Crippen LogP contribution in [0.15, 0.2) is 42.5 Å². The van der Waals surface area contributed by atoms with Gasteiger partial charge < -0.3 is 4.57 Å². The molecule has 4 rings (SSSR count). The maximum absolute atomic E-state index is 13.5. The Bertz CT molecular complexity index is 1110. The number of fused-ring (bicyclic) bond motifs is 1. The van der Waals surface area contributed by atoms with E-state index in [0.29, 0.717) is 5.02 Å². The number of halogens is 2. The Morgan fingerprint density at radius 2 is 1.84 bits per heavy atom. The van der Waals surface area contributed by atoms with E-state index in [1.165, 1.54) is 12.1 Å². The molecular weight excluding hydrogens is 339 g/mol. The standard InChI is InChI=1S/C19H16ClFN4/c1-11-17(13-9-8-12(21)10-14(13)20)18(25(3)23-11)19-22-15-6-4-5-7-16(15)24(19)2/h4-10H,1-3H3. The number of aryl methyl sites for hydroxylation is 3. The maximum Gasteiger partial charge on any atom is 0.159 e. The first-order valence-electron chi connectivity index (χ1n) is 7.88. The van der Waals surface area contributed by atoms with Gasteiger partial charge in [-0.25, -0.2) is 9.37 Å². The summed E-state index contributed by atoms with van der Waals surface area (Å²) >= 11 is 6.32. The molecule has 0 amide bonds. The van der Waals surface area contributed by atoms with Gasteiger partial charge in [-0.3, -0.25) is 4.68 Å². The molecule has 0 atom stereocenters. The van der Waals surface area contributed by atoms with Crippen molar-refractivity contribution in [2.45, 2.75) is 6.92 Å². The Balaban J connectivity index is 2.04. The third-order valence-corrected chi connectivity index (χ3v) is 4.73. The summed E-state index contributed by atoms with van der Waals surface area (Å²) in [6.07, 6.45) is 0. The first-order valence-corrected chi connectivity index (χ1v) is 8.26. The number of aromatic nitrogens is 4. The third kappa shape index (κ3) is 2.43. The summed E-state index contributed by atoms with van der Waals surface area (Å²) in [6.45, 7) is 1.92. The largest absolute Gasteiger partial charge is 0.326 e. The van der Waals surface area contributed by atoms with Crippen LogP contribution < -0.4 is 0 Å². The summed E-state index contributed by atoms with van der Waals surface area (Å²) in [7, 11) is 3.85. The van der Waals surface area contributed by atoms with Crippen molar-refractivity contribution in [3.63, 3.8) is 0 Å². The van der Waals surface area contributed by atoms with Crippen LogP contribution in [0.5, 0.6) is 0 Å². The molecule has 0 N–H and O–H groups in total. The second-order valence-electron chi connectivity index (χ2n) is 6.04. The van der Waals surface area contributed by atoms with Crippen molar-refractivity contribution in [1.29, 1.82) is 0 Å². The third-order valence-electron chi connectivity index (χ3n) is 4.42. The van der Waals surface area contributed by atoms with Crippen molar-refractivity contribution in [2.75, 3.05) is 0 Å². The molecule has 0 radical (unpaired) electrons. The minimum absolute atomic E-state index is 0.358. The number of imidazole rings is 1. The molecule has 0 unspecified atom stereocenters. The van der Waals surface area contributed by atoms with Crippen LogP contribution in [0.4, 0.5) is 4.39 Å². The van der Waals surface area contributed by atoms with Gasteiger partial charge in [0.15, 0.2) is 5.82 Å². The molecule has 0 spiro atoms. The van der Waals surface area contributed by atoms with E-state index in [0.717, 1.165) is 39.4 Å². The summed E-state index contributed by atoms with van der Waals surface area (Å²) in [6, 6.07) is 12.4. The van der Waals surface area contributed by atoms with Crippen molar-refractivity contribution in [2.24, 2.45) is 14.1 Å². The molecule has 4 nitrogen and oxygen atoms in total. The molecule has 0 fully saturated rings. The lowest BCUT2D eigenvalue weighted by molar-refractivity contribution is 0.628. The number of para-hydroxylation sites is 2. The Kier molecular flexibility index (Phi) is 3.62. The van der Waals surface area contributed by atoms with Crippen molar-refractivity contribution < 1.29 is 4.39 Å². The number of hydrogen-bond donors (Lipinski definition) is 0. The van der Waals surface area contributed by atoms with Crippen molar-refractivity contribution in [3.8, 4) is 22.6 Å². The maximum atomic E-state index is 13.5. The van der Waals surface area contributed by atoms with Gasteiger partial charge in [-0.1, -0.05) is 23.7 Å². The molecule has 126 valence electrons. The fraction of sp³-hybridized carbons (Fsp3) is 0.158. The van der Waals surface area contributed by atoms with Crippen molar-refractivity contribution in [1.82, 2.24) is 19.3 Å². The van der Waals surface area contributed by atoms with Crippen molar-refractivity contribution >= 4 is 22.6 Å². The highest BCUT2D eigenvalue weighted by molar-refractivity contribution is 6.33. The minimum atomic E-state index is -0.362. The molecule has 0 saturated heterocycles. The van der Waals surface area contributed by atoms with Gasteiger partial charge in [0.1, 0.15) is 11.5 Å². The normalized spacial score (nSPS) is 11.4. The highest BCUT2D eigenvalue weighted by atomic mass is 35.5. The zero-order chi connectivity index (χ0) is 17.7. The predicted octanol–water partition coefficient (Wildman–Crippen LogP) is 4.74. The highest BCUT2D eigenvalue weighted by Crippen LogP contribution is 2.38. The number of hydrogen-bond acceptors (Lipinski definition) is 2. The quantitative estimate of drug-likeness (QED) is 0.521. The van der Waals surface area contributed by atoms with Crippen LogP contribution in [0.3, 0.4) is 0 Å². The minimum Gasteiger partial charge on any atom is -0.326 e. The smallest absolute Gasteiger partial charge is 0.159 e. The molecule has 0 aliphatic rings. The van der Waals surface area contributed by atoms with Gasteiger partial charge in [0.05, 0.1) is 21.7 Å². The van der Waals surface area contributed by atoms with Crippen LogP contribution in [0.25, 0.3) is 33.7 Å².